The SMILES string of the molecule is Cc1c(O)c(-c2ccc3c(=O)n(C4CCNCC4)ncc3n2)cc2cn(C)nc12. The summed E-state index contributed by atoms with van der Waals surface area (Å²) in [5.74, 6) is 0.152. The molecule has 8 heteroatoms. The van der Waals surface area contributed by atoms with Gasteiger partial charge in [0.15, 0.2) is 0 Å². The van der Waals surface area contributed by atoms with Gasteiger partial charge in [0.05, 0.1) is 34.4 Å². The van der Waals surface area contributed by atoms with Gasteiger partial charge in [-0.25, -0.2) is 9.67 Å². The van der Waals surface area contributed by atoms with E-state index in [2.05, 4.69) is 20.5 Å². The molecule has 148 valence electrons. The lowest BCUT2D eigenvalue weighted by molar-refractivity contribution is 0.333. The van der Waals surface area contributed by atoms with Crippen molar-refractivity contribution >= 4 is 21.8 Å². The Morgan fingerprint density at radius 3 is 2.83 bits per heavy atom. The first kappa shape index (κ1) is 17.8. The van der Waals surface area contributed by atoms with E-state index in [9.17, 15) is 9.90 Å². The molecular formula is C21H22N6O2. The molecule has 1 aromatic carbocycles. The highest BCUT2D eigenvalue weighted by atomic mass is 16.3. The predicted octanol–water partition coefficient (Wildman–Crippen LogP) is 2.28. The second-order valence-corrected chi connectivity index (χ2v) is 7.64. The van der Waals surface area contributed by atoms with E-state index in [4.69, 9.17) is 0 Å². The Morgan fingerprint density at radius 2 is 2.03 bits per heavy atom. The van der Waals surface area contributed by atoms with Crippen LogP contribution in [0.5, 0.6) is 5.75 Å². The van der Waals surface area contributed by atoms with Crippen molar-refractivity contribution in [2.45, 2.75) is 25.8 Å². The Kier molecular flexibility index (Phi) is 4.09. The van der Waals surface area contributed by atoms with Gasteiger partial charge < -0.3 is 10.4 Å². The van der Waals surface area contributed by atoms with E-state index in [-0.39, 0.29) is 17.4 Å². The summed E-state index contributed by atoms with van der Waals surface area (Å²) >= 11 is 0. The van der Waals surface area contributed by atoms with Crippen molar-refractivity contribution in [3.8, 4) is 17.0 Å². The first-order valence-electron chi connectivity index (χ1n) is 9.78. The summed E-state index contributed by atoms with van der Waals surface area (Å²) in [6.45, 7) is 3.63. The topological polar surface area (TPSA) is 97.9 Å². The van der Waals surface area contributed by atoms with Crippen LogP contribution >= 0.6 is 0 Å². The molecule has 4 aromatic rings. The van der Waals surface area contributed by atoms with Crippen molar-refractivity contribution < 1.29 is 5.11 Å². The number of hydrogen-bond donors (Lipinski definition) is 2. The third kappa shape index (κ3) is 2.87. The van der Waals surface area contributed by atoms with Crippen molar-refractivity contribution in [1.82, 2.24) is 29.9 Å². The second kappa shape index (κ2) is 6.66. The molecule has 1 fully saturated rings. The van der Waals surface area contributed by atoms with Crippen LogP contribution in [0.3, 0.4) is 0 Å². The number of aromatic nitrogens is 5. The Hall–Kier alpha value is -3.26. The smallest absolute Gasteiger partial charge is 0.276 e. The summed E-state index contributed by atoms with van der Waals surface area (Å²) in [4.78, 5) is 17.6. The van der Waals surface area contributed by atoms with E-state index in [1.54, 1.807) is 27.7 Å². The fourth-order valence-corrected chi connectivity index (χ4v) is 4.15. The molecule has 0 radical (unpaired) electrons. The molecule has 1 saturated heterocycles. The van der Waals surface area contributed by atoms with E-state index >= 15 is 0 Å². The number of aromatic hydroxyl groups is 1. The minimum absolute atomic E-state index is 0.114. The summed E-state index contributed by atoms with van der Waals surface area (Å²) in [5, 5.41) is 24.3. The van der Waals surface area contributed by atoms with Gasteiger partial charge in [-0.05, 0) is 51.1 Å². The minimum atomic E-state index is -0.114. The van der Waals surface area contributed by atoms with Crippen molar-refractivity contribution in [2.75, 3.05) is 13.1 Å². The molecule has 1 aliphatic heterocycles. The number of benzene rings is 1. The van der Waals surface area contributed by atoms with Crippen LogP contribution in [0.25, 0.3) is 33.1 Å². The van der Waals surface area contributed by atoms with Crippen molar-refractivity contribution in [3.63, 3.8) is 0 Å². The van der Waals surface area contributed by atoms with Gasteiger partial charge in [0.1, 0.15) is 5.75 Å². The number of aryl methyl sites for hydroxylation is 2. The number of phenols is 1. The van der Waals surface area contributed by atoms with E-state index in [0.29, 0.717) is 27.7 Å². The Bertz CT molecular complexity index is 1300. The monoisotopic (exact) mass is 390 g/mol. The van der Waals surface area contributed by atoms with Gasteiger partial charge in [-0.1, -0.05) is 0 Å². The molecule has 8 nitrogen and oxygen atoms in total. The number of nitrogens with zero attached hydrogens (tertiary/aromatic N) is 5. The molecule has 29 heavy (non-hydrogen) atoms. The molecule has 3 aromatic heterocycles. The number of rotatable bonds is 2. The normalized spacial score (nSPS) is 15.4. The molecule has 0 bridgehead atoms. The van der Waals surface area contributed by atoms with E-state index in [1.807, 2.05) is 26.2 Å². The molecule has 0 aliphatic carbocycles. The van der Waals surface area contributed by atoms with Crippen molar-refractivity contribution in [2.24, 2.45) is 7.05 Å². The summed E-state index contributed by atoms with van der Waals surface area (Å²) < 4.78 is 3.32. The zero-order valence-corrected chi connectivity index (χ0v) is 16.4. The van der Waals surface area contributed by atoms with E-state index < -0.39 is 0 Å². The summed E-state index contributed by atoms with van der Waals surface area (Å²) in [7, 11) is 1.85. The molecular weight excluding hydrogens is 368 g/mol. The van der Waals surface area contributed by atoms with Crippen molar-refractivity contribution in [3.05, 3.63) is 46.5 Å². The molecule has 0 spiro atoms. The highest BCUT2D eigenvalue weighted by Crippen LogP contribution is 2.36. The Balaban J connectivity index is 1.63. The highest BCUT2D eigenvalue weighted by molar-refractivity contribution is 5.91. The predicted molar refractivity (Wildman–Crippen MR) is 111 cm³/mol. The van der Waals surface area contributed by atoms with Gasteiger partial charge in [0.2, 0.25) is 0 Å². The maximum atomic E-state index is 13.0. The summed E-state index contributed by atoms with van der Waals surface area (Å²) in [6.07, 6.45) is 5.34. The van der Waals surface area contributed by atoms with Crippen molar-refractivity contribution in [1.29, 1.82) is 0 Å². The van der Waals surface area contributed by atoms with Crippen LogP contribution in [0, 0.1) is 6.92 Å². The molecule has 5 rings (SSSR count). The molecule has 2 N–H and O–H groups in total. The lowest BCUT2D eigenvalue weighted by atomic mass is 10.0. The lowest BCUT2D eigenvalue weighted by Crippen LogP contribution is -2.35. The maximum absolute atomic E-state index is 13.0. The number of piperidine rings is 1. The largest absolute Gasteiger partial charge is 0.507 e. The van der Waals surface area contributed by atoms with Crippen LogP contribution in [-0.4, -0.2) is 42.7 Å². The van der Waals surface area contributed by atoms with Crippen LogP contribution in [0.15, 0.2) is 35.4 Å². The second-order valence-electron chi connectivity index (χ2n) is 7.64. The molecule has 4 heterocycles. The van der Waals surface area contributed by atoms with E-state index in [0.717, 1.165) is 36.8 Å². The number of hydrogen-bond acceptors (Lipinski definition) is 6. The average molecular weight is 390 g/mol. The Morgan fingerprint density at radius 1 is 1.24 bits per heavy atom. The number of pyridine rings is 1. The highest BCUT2D eigenvalue weighted by Gasteiger charge is 2.19. The third-order valence-electron chi connectivity index (χ3n) is 5.72. The van der Waals surface area contributed by atoms with Crippen LogP contribution in [0.2, 0.25) is 0 Å². The molecule has 0 saturated carbocycles. The fraction of sp³-hybridized carbons (Fsp3) is 0.333. The fourth-order valence-electron chi connectivity index (χ4n) is 4.15. The van der Waals surface area contributed by atoms with Gasteiger partial charge in [-0.2, -0.15) is 10.2 Å². The van der Waals surface area contributed by atoms with Gasteiger partial charge in [-0.3, -0.25) is 9.48 Å². The van der Waals surface area contributed by atoms with Gasteiger partial charge in [0, 0.05) is 29.8 Å². The third-order valence-corrected chi connectivity index (χ3v) is 5.72. The number of fused-ring (bicyclic) bond motifs is 2. The van der Waals surface area contributed by atoms with Gasteiger partial charge in [-0.15, -0.1) is 0 Å². The maximum Gasteiger partial charge on any atom is 0.276 e. The zero-order chi connectivity index (χ0) is 20.1. The van der Waals surface area contributed by atoms with Gasteiger partial charge >= 0.3 is 0 Å². The molecule has 1 aliphatic rings. The van der Waals surface area contributed by atoms with Gasteiger partial charge in [0.25, 0.3) is 5.56 Å². The molecule has 0 unspecified atom stereocenters. The van der Waals surface area contributed by atoms with E-state index in [1.165, 1.54) is 0 Å². The zero-order valence-electron chi connectivity index (χ0n) is 16.4. The summed E-state index contributed by atoms with van der Waals surface area (Å²) in [5.41, 5.74) is 3.11. The first-order chi connectivity index (χ1) is 14.0. The van der Waals surface area contributed by atoms with Crippen LogP contribution in [0.1, 0.15) is 24.4 Å². The minimum Gasteiger partial charge on any atom is -0.507 e. The molecule has 0 atom stereocenters. The first-order valence-corrected chi connectivity index (χ1v) is 9.78. The number of nitrogens with one attached hydrogen (secondary N) is 1. The lowest BCUT2D eigenvalue weighted by Gasteiger charge is -2.23. The van der Waals surface area contributed by atoms with Crippen LogP contribution in [0.4, 0.5) is 0 Å². The Labute approximate surface area is 166 Å². The van der Waals surface area contributed by atoms with Crippen LogP contribution in [-0.2, 0) is 7.05 Å². The quantitative estimate of drug-likeness (QED) is 0.545. The van der Waals surface area contributed by atoms with Crippen LogP contribution < -0.4 is 10.9 Å². The summed E-state index contributed by atoms with van der Waals surface area (Å²) in [6, 6.07) is 5.56. The number of phenolic OH excluding ortho intramolecular Hbond substituents is 1. The average Bonchev–Trinajstić information content (AvgIpc) is 3.12. The standard InChI is InChI=1S/C21H22N6O2/c1-12-19-13(11-26(2)25-19)9-16(20(12)28)17-4-3-15-18(24-17)10-23-27(21(15)29)14-5-7-22-8-6-14/h3-4,9-11,14,22,28H,5-8H2,1-2H3. The molecule has 0 amide bonds.